The summed E-state index contributed by atoms with van der Waals surface area (Å²) in [5.74, 6) is -0.171. The third-order valence-corrected chi connectivity index (χ3v) is 3.21. The van der Waals surface area contributed by atoms with E-state index >= 15 is 0 Å². The van der Waals surface area contributed by atoms with E-state index in [4.69, 9.17) is 32.7 Å². The van der Waals surface area contributed by atoms with Gasteiger partial charge in [0.25, 0.3) is 5.91 Å². The predicted octanol–water partition coefficient (Wildman–Crippen LogP) is 2.62. The maximum absolute atomic E-state index is 11.5. The number of imide groups is 1. The van der Waals surface area contributed by atoms with Crippen molar-refractivity contribution in [3.63, 3.8) is 0 Å². The second-order valence-electron chi connectivity index (χ2n) is 4.22. The van der Waals surface area contributed by atoms with Gasteiger partial charge >= 0.3 is 6.03 Å². The van der Waals surface area contributed by atoms with Gasteiger partial charge in [0.1, 0.15) is 5.75 Å². The number of nitrogens with one attached hydrogen (secondary N) is 2. The predicted molar refractivity (Wildman–Crippen MR) is 84.6 cm³/mol. The Kier molecular flexibility index (Phi) is 8.65. The Hall–Kier alpha value is -1.50. The molecule has 0 unspecified atom stereocenters. The summed E-state index contributed by atoms with van der Waals surface area (Å²) < 4.78 is 10.3. The lowest BCUT2D eigenvalue weighted by molar-refractivity contribution is -0.122. The molecule has 0 spiro atoms. The average molecular weight is 349 g/mol. The summed E-state index contributed by atoms with van der Waals surface area (Å²) in [5, 5.41) is 5.41. The first-order chi connectivity index (χ1) is 10.5. The van der Waals surface area contributed by atoms with Gasteiger partial charge in [-0.2, -0.15) is 0 Å². The standard InChI is InChI=1S/C14H18Cl2N2O4/c1-2-21-7-3-6-17-14(20)18-13(19)9-22-10-4-5-11(15)12(16)8-10/h4-5,8H,2-3,6-7,9H2,1H3,(H2,17,18,19,20). The van der Waals surface area contributed by atoms with E-state index in [1.807, 2.05) is 6.92 Å². The summed E-state index contributed by atoms with van der Waals surface area (Å²) in [4.78, 5) is 23.0. The molecule has 8 heteroatoms. The number of amides is 3. The van der Waals surface area contributed by atoms with Crippen LogP contribution in [0, 0.1) is 0 Å². The molecule has 0 aliphatic carbocycles. The lowest BCUT2D eigenvalue weighted by Gasteiger charge is -2.08. The van der Waals surface area contributed by atoms with Crippen molar-refractivity contribution in [1.29, 1.82) is 0 Å². The Morgan fingerprint density at radius 2 is 2.00 bits per heavy atom. The van der Waals surface area contributed by atoms with Crippen LogP contribution in [0.25, 0.3) is 0 Å². The number of rotatable bonds is 8. The van der Waals surface area contributed by atoms with Crippen molar-refractivity contribution in [2.24, 2.45) is 0 Å². The van der Waals surface area contributed by atoms with E-state index in [0.717, 1.165) is 0 Å². The highest BCUT2D eigenvalue weighted by molar-refractivity contribution is 6.42. The molecule has 0 saturated heterocycles. The molecule has 1 aromatic rings. The fourth-order valence-corrected chi connectivity index (χ4v) is 1.73. The van der Waals surface area contributed by atoms with Crippen molar-refractivity contribution >= 4 is 35.1 Å². The van der Waals surface area contributed by atoms with Crippen molar-refractivity contribution in [1.82, 2.24) is 10.6 Å². The van der Waals surface area contributed by atoms with Crippen LogP contribution in [0.3, 0.4) is 0 Å². The highest BCUT2D eigenvalue weighted by atomic mass is 35.5. The number of urea groups is 1. The molecule has 2 N–H and O–H groups in total. The van der Waals surface area contributed by atoms with Gasteiger partial charge in [0.15, 0.2) is 6.61 Å². The SMILES string of the molecule is CCOCCCNC(=O)NC(=O)COc1ccc(Cl)c(Cl)c1. The molecule has 0 saturated carbocycles. The zero-order valence-electron chi connectivity index (χ0n) is 12.2. The highest BCUT2D eigenvalue weighted by Gasteiger charge is 2.08. The largest absolute Gasteiger partial charge is 0.484 e. The molecule has 0 aliphatic rings. The molecule has 0 aliphatic heterocycles. The third kappa shape index (κ3) is 7.49. The molecular weight excluding hydrogens is 331 g/mol. The van der Waals surface area contributed by atoms with Gasteiger partial charge in [0.05, 0.1) is 10.0 Å². The van der Waals surface area contributed by atoms with Crippen LogP contribution in [0.5, 0.6) is 5.75 Å². The second-order valence-corrected chi connectivity index (χ2v) is 5.03. The summed E-state index contributed by atoms with van der Waals surface area (Å²) in [6.45, 7) is 3.21. The van der Waals surface area contributed by atoms with Gasteiger partial charge in [-0.25, -0.2) is 4.79 Å². The number of carbonyl (C=O) groups is 2. The molecule has 3 amide bonds. The van der Waals surface area contributed by atoms with Crippen LogP contribution in [-0.4, -0.2) is 38.3 Å². The molecule has 0 heterocycles. The normalized spacial score (nSPS) is 10.1. The van der Waals surface area contributed by atoms with Crippen molar-refractivity contribution < 1.29 is 19.1 Å². The van der Waals surface area contributed by atoms with E-state index < -0.39 is 11.9 Å². The van der Waals surface area contributed by atoms with Crippen LogP contribution < -0.4 is 15.4 Å². The molecule has 0 fully saturated rings. The lowest BCUT2D eigenvalue weighted by Crippen LogP contribution is -2.42. The lowest BCUT2D eigenvalue weighted by atomic mass is 10.3. The van der Waals surface area contributed by atoms with Crippen LogP contribution in [0.2, 0.25) is 10.0 Å². The number of hydrogen-bond donors (Lipinski definition) is 2. The van der Waals surface area contributed by atoms with Gasteiger partial charge in [-0.3, -0.25) is 10.1 Å². The van der Waals surface area contributed by atoms with E-state index in [2.05, 4.69) is 10.6 Å². The Labute approximate surface area is 139 Å². The highest BCUT2D eigenvalue weighted by Crippen LogP contribution is 2.26. The number of benzene rings is 1. The summed E-state index contributed by atoms with van der Waals surface area (Å²) in [5.41, 5.74) is 0. The third-order valence-electron chi connectivity index (χ3n) is 2.47. The van der Waals surface area contributed by atoms with Gasteiger partial charge in [0, 0.05) is 25.8 Å². The van der Waals surface area contributed by atoms with Gasteiger partial charge in [-0.1, -0.05) is 23.2 Å². The quantitative estimate of drug-likeness (QED) is 0.708. The number of halogens is 2. The van der Waals surface area contributed by atoms with Crippen LogP contribution in [0.15, 0.2) is 18.2 Å². The maximum atomic E-state index is 11.5. The fraction of sp³-hybridized carbons (Fsp3) is 0.429. The Morgan fingerprint density at radius 1 is 1.23 bits per heavy atom. The number of carbonyl (C=O) groups excluding carboxylic acids is 2. The summed E-state index contributed by atoms with van der Waals surface area (Å²) in [6.07, 6.45) is 0.676. The first kappa shape index (κ1) is 18.5. The van der Waals surface area contributed by atoms with E-state index in [1.54, 1.807) is 12.1 Å². The second kappa shape index (κ2) is 10.3. The molecule has 0 bridgehead atoms. The summed E-state index contributed by atoms with van der Waals surface area (Å²) in [7, 11) is 0. The molecule has 0 aromatic heterocycles. The van der Waals surface area contributed by atoms with Crippen LogP contribution in [0.1, 0.15) is 13.3 Å². The minimum atomic E-state index is -0.570. The Balaban J connectivity index is 2.22. The monoisotopic (exact) mass is 348 g/mol. The van der Waals surface area contributed by atoms with E-state index in [-0.39, 0.29) is 6.61 Å². The van der Waals surface area contributed by atoms with Gasteiger partial charge < -0.3 is 14.8 Å². The molecule has 122 valence electrons. The first-order valence-corrected chi connectivity index (χ1v) is 7.51. The first-order valence-electron chi connectivity index (χ1n) is 6.76. The molecule has 0 atom stereocenters. The zero-order chi connectivity index (χ0) is 16.4. The minimum absolute atomic E-state index is 0.301. The minimum Gasteiger partial charge on any atom is -0.484 e. The molecular formula is C14H18Cl2N2O4. The number of hydrogen-bond acceptors (Lipinski definition) is 4. The fourth-order valence-electron chi connectivity index (χ4n) is 1.44. The van der Waals surface area contributed by atoms with Gasteiger partial charge in [0.2, 0.25) is 0 Å². The van der Waals surface area contributed by atoms with E-state index in [9.17, 15) is 9.59 Å². The summed E-state index contributed by atoms with van der Waals surface area (Å²) >= 11 is 11.6. The molecule has 6 nitrogen and oxygen atoms in total. The van der Waals surface area contributed by atoms with Crippen LogP contribution in [0.4, 0.5) is 4.79 Å². The summed E-state index contributed by atoms with van der Waals surface area (Å²) in [6, 6.07) is 4.06. The van der Waals surface area contributed by atoms with Crippen LogP contribution in [-0.2, 0) is 9.53 Å². The van der Waals surface area contributed by atoms with Gasteiger partial charge in [-0.05, 0) is 25.5 Å². The van der Waals surface area contributed by atoms with E-state index in [0.29, 0.717) is 42.0 Å². The van der Waals surface area contributed by atoms with Gasteiger partial charge in [-0.15, -0.1) is 0 Å². The van der Waals surface area contributed by atoms with Crippen molar-refractivity contribution in [2.45, 2.75) is 13.3 Å². The molecule has 22 heavy (non-hydrogen) atoms. The van der Waals surface area contributed by atoms with E-state index in [1.165, 1.54) is 6.07 Å². The smallest absolute Gasteiger partial charge is 0.321 e. The molecule has 1 aromatic carbocycles. The van der Waals surface area contributed by atoms with Crippen molar-refractivity contribution in [3.8, 4) is 5.75 Å². The van der Waals surface area contributed by atoms with Crippen molar-refractivity contribution in [2.75, 3.05) is 26.4 Å². The topological polar surface area (TPSA) is 76.7 Å². The van der Waals surface area contributed by atoms with Crippen molar-refractivity contribution in [3.05, 3.63) is 28.2 Å². The zero-order valence-corrected chi connectivity index (χ0v) is 13.7. The Morgan fingerprint density at radius 3 is 2.68 bits per heavy atom. The number of ether oxygens (including phenoxy) is 2. The maximum Gasteiger partial charge on any atom is 0.321 e. The average Bonchev–Trinajstić information content (AvgIpc) is 2.48. The molecule has 0 radical (unpaired) electrons. The van der Waals surface area contributed by atoms with Crippen LogP contribution >= 0.6 is 23.2 Å². The Bertz CT molecular complexity index is 512. The molecule has 1 rings (SSSR count).